The number of ether oxygens (including phenoxy) is 3. The SMILES string of the molecule is COc1ccc(Cn2ncc(N[C@@H](C)COCCC(=O)N3CCN4c5ncc(C(F)(F)F)cc5OCCC4C3)c(C(F)(F)F)c2=O)cc1. The molecule has 1 aromatic carbocycles. The number of piperazine rings is 1. The number of hydrogen-bond acceptors (Lipinski definition) is 9. The molecule has 0 radical (unpaired) electrons. The Balaban J connectivity index is 1.12. The molecule has 1 unspecified atom stereocenters. The number of nitrogens with zero attached hydrogens (tertiary/aromatic N) is 5. The van der Waals surface area contributed by atoms with Crippen molar-refractivity contribution in [1.29, 1.82) is 0 Å². The topological polar surface area (TPSA) is 111 Å². The van der Waals surface area contributed by atoms with E-state index in [1.54, 1.807) is 36.1 Å². The van der Waals surface area contributed by atoms with Gasteiger partial charge in [-0.2, -0.15) is 31.4 Å². The predicted molar refractivity (Wildman–Crippen MR) is 161 cm³/mol. The molecule has 260 valence electrons. The van der Waals surface area contributed by atoms with Crippen LogP contribution in [0.25, 0.3) is 0 Å². The molecule has 1 N–H and O–H groups in total. The molecule has 2 aromatic heterocycles. The number of anilines is 2. The van der Waals surface area contributed by atoms with Crippen LogP contribution in [0.15, 0.2) is 47.5 Å². The van der Waals surface area contributed by atoms with Crippen LogP contribution in [-0.2, 0) is 28.4 Å². The summed E-state index contributed by atoms with van der Waals surface area (Å²) >= 11 is 0. The van der Waals surface area contributed by atoms with E-state index in [2.05, 4.69) is 15.4 Å². The highest BCUT2D eigenvalue weighted by Gasteiger charge is 2.39. The van der Waals surface area contributed by atoms with Gasteiger partial charge >= 0.3 is 12.4 Å². The van der Waals surface area contributed by atoms with Crippen LogP contribution in [-0.4, -0.2) is 84.2 Å². The first-order chi connectivity index (χ1) is 22.7. The van der Waals surface area contributed by atoms with Gasteiger partial charge in [-0.05, 0) is 30.7 Å². The average Bonchev–Trinajstić information content (AvgIpc) is 3.22. The molecule has 1 saturated heterocycles. The number of aromatic nitrogens is 3. The van der Waals surface area contributed by atoms with Gasteiger partial charge in [0.15, 0.2) is 11.6 Å². The van der Waals surface area contributed by atoms with Gasteiger partial charge in [0.25, 0.3) is 5.56 Å². The Kier molecular flexibility index (Phi) is 10.4. The third-order valence-electron chi connectivity index (χ3n) is 8.03. The quantitative estimate of drug-likeness (QED) is 0.245. The van der Waals surface area contributed by atoms with Gasteiger partial charge in [0, 0.05) is 38.3 Å². The highest BCUT2D eigenvalue weighted by atomic mass is 19.4. The Morgan fingerprint density at radius 1 is 1.10 bits per heavy atom. The van der Waals surface area contributed by atoms with Gasteiger partial charge in [-0.3, -0.25) is 9.59 Å². The van der Waals surface area contributed by atoms with Crippen LogP contribution in [0.1, 0.15) is 36.5 Å². The lowest BCUT2D eigenvalue weighted by molar-refractivity contribution is -0.139. The average molecular weight is 685 g/mol. The van der Waals surface area contributed by atoms with Gasteiger partial charge in [-0.1, -0.05) is 12.1 Å². The number of carbonyl (C=O) groups excluding carboxylic acids is 1. The van der Waals surface area contributed by atoms with Crippen molar-refractivity contribution in [1.82, 2.24) is 19.7 Å². The summed E-state index contributed by atoms with van der Waals surface area (Å²) in [6, 6.07) is 6.56. The number of fused-ring (bicyclic) bond motifs is 3. The maximum atomic E-state index is 14.0. The summed E-state index contributed by atoms with van der Waals surface area (Å²) in [5.74, 6) is 0.714. The largest absolute Gasteiger partial charge is 0.497 e. The number of carbonyl (C=O) groups is 1. The van der Waals surface area contributed by atoms with Crippen LogP contribution < -0.4 is 25.2 Å². The van der Waals surface area contributed by atoms with E-state index < -0.39 is 40.8 Å². The molecule has 4 heterocycles. The van der Waals surface area contributed by atoms with Crippen molar-refractivity contribution in [3.63, 3.8) is 0 Å². The fraction of sp³-hybridized carbons (Fsp3) is 0.484. The lowest BCUT2D eigenvalue weighted by atomic mass is 10.1. The molecule has 5 rings (SSSR count). The summed E-state index contributed by atoms with van der Waals surface area (Å²) in [6.07, 6.45) is -7.29. The van der Waals surface area contributed by atoms with Gasteiger partial charge in [0.1, 0.15) is 11.3 Å². The van der Waals surface area contributed by atoms with E-state index in [0.717, 1.165) is 23.1 Å². The summed E-state index contributed by atoms with van der Waals surface area (Å²) in [5.41, 5.74) is -3.50. The number of rotatable bonds is 10. The molecule has 0 aliphatic carbocycles. The molecule has 2 aliphatic heterocycles. The molecule has 11 nitrogen and oxygen atoms in total. The Hall–Kier alpha value is -4.54. The van der Waals surface area contributed by atoms with Gasteiger partial charge in [-0.15, -0.1) is 0 Å². The zero-order chi connectivity index (χ0) is 34.6. The van der Waals surface area contributed by atoms with E-state index in [1.165, 1.54) is 7.11 Å². The second-order valence-electron chi connectivity index (χ2n) is 11.5. The highest BCUT2D eigenvalue weighted by molar-refractivity contribution is 5.76. The van der Waals surface area contributed by atoms with Crippen LogP contribution in [0.3, 0.4) is 0 Å². The maximum Gasteiger partial charge on any atom is 0.423 e. The monoisotopic (exact) mass is 684 g/mol. The lowest BCUT2D eigenvalue weighted by Gasteiger charge is -2.41. The standard InChI is InChI=1S/C31H34F6N6O5/c1-19(40-24-15-39-43(29(45)27(24)31(35,36)37)16-20-3-5-23(46-2)6-4-20)18-47-11-8-26(44)41-9-10-42-22(17-41)7-12-48-25-13-21(30(32,33)34)14-38-28(25)42/h3-6,13-15,19,22,40H,7-12,16-18H2,1-2H3/t19-,22?/m0/s1. The van der Waals surface area contributed by atoms with Crippen LogP contribution in [0, 0.1) is 0 Å². The Morgan fingerprint density at radius 2 is 1.85 bits per heavy atom. The normalized spacial score (nSPS) is 17.1. The highest BCUT2D eigenvalue weighted by Crippen LogP contribution is 2.38. The van der Waals surface area contributed by atoms with Crippen molar-refractivity contribution < 1.29 is 45.3 Å². The molecule has 1 fully saturated rings. The van der Waals surface area contributed by atoms with E-state index in [-0.39, 0.29) is 50.5 Å². The van der Waals surface area contributed by atoms with Gasteiger partial charge in [0.2, 0.25) is 5.91 Å². The first-order valence-corrected chi connectivity index (χ1v) is 15.1. The van der Waals surface area contributed by atoms with Crippen molar-refractivity contribution in [2.45, 2.75) is 50.7 Å². The first kappa shape index (κ1) is 34.8. The minimum atomic E-state index is -4.95. The number of halogens is 6. The summed E-state index contributed by atoms with van der Waals surface area (Å²) < 4.78 is 98.3. The molecule has 1 amide bonds. The van der Waals surface area contributed by atoms with E-state index in [0.29, 0.717) is 43.2 Å². The van der Waals surface area contributed by atoms with E-state index >= 15 is 0 Å². The van der Waals surface area contributed by atoms with Gasteiger partial charge in [0.05, 0.1) is 63.4 Å². The van der Waals surface area contributed by atoms with Gasteiger partial charge < -0.3 is 29.3 Å². The number of benzene rings is 1. The molecule has 0 saturated carbocycles. The fourth-order valence-corrected chi connectivity index (χ4v) is 5.60. The predicted octanol–water partition coefficient (Wildman–Crippen LogP) is 4.44. The molecule has 2 aliphatic rings. The van der Waals surface area contributed by atoms with Crippen LogP contribution in [0.2, 0.25) is 0 Å². The zero-order valence-corrected chi connectivity index (χ0v) is 26.1. The zero-order valence-electron chi connectivity index (χ0n) is 26.1. The second-order valence-corrected chi connectivity index (χ2v) is 11.5. The summed E-state index contributed by atoms with van der Waals surface area (Å²) in [7, 11) is 1.48. The van der Waals surface area contributed by atoms with Crippen molar-refractivity contribution in [3.8, 4) is 11.5 Å². The third kappa shape index (κ3) is 8.11. The van der Waals surface area contributed by atoms with E-state index in [4.69, 9.17) is 14.2 Å². The van der Waals surface area contributed by atoms with Crippen LogP contribution in [0.4, 0.5) is 37.8 Å². The number of nitrogens with one attached hydrogen (secondary N) is 1. The molecule has 48 heavy (non-hydrogen) atoms. The minimum Gasteiger partial charge on any atom is -0.497 e. The Morgan fingerprint density at radius 3 is 2.54 bits per heavy atom. The number of pyridine rings is 1. The van der Waals surface area contributed by atoms with Crippen LogP contribution in [0.5, 0.6) is 11.5 Å². The fourth-order valence-electron chi connectivity index (χ4n) is 5.60. The summed E-state index contributed by atoms with van der Waals surface area (Å²) in [4.78, 5) is 33.3. The third-order valence-corrected chi connectivity index (χ3v) is 8.03. The Bertz CT molecular complexity index is 1650. The van der Waals surface area contributed by atoms with Crippen LogP contribution >= 0.6 is 0 Å². The second kappa shape index (κ2) is 14.3. The van der Waals surface area contributed by atoms with Crippen molar-refractivity contribution in [2.75, 3.05) is 56.8 Å². The number of methoxy groups -OCH3 is 1. The molecule has 0 spiro atoms. The smallest absolute Gasteiger partial charge is 0.423 e. The molecule has 17 heteroatoms. The molecular formula is C31H34F6N6O5. The number of alkyl halides is 6. The molecular weight excluding hydrogens is 650 g/mol. The van der Waals surface area contributed by atoms with Crippen molar-refractivity contribution in [3.05, 3.63) is 69.8 Å². The maximum absolute atomic E-state index is 14.0. The van der Waals surface area contributed by atoms with E-state index in [9.17, 15) is 35.9 Å². The molecule has 3 aromatic rings. The van der Waals surface area contributed by atoms with Gasteiger partial charge in [-0.25, -0.2) is 9.67 Å². The van der Waals surface area contributed by atoms with Crippen molar-refractivity contribution in [2.24, 2.45) is 0 Å². The molecule has 0 bridgehead atoms. The molecule has 2 atom stereocenters. The first-order valence-electron chi connectivity index (χ1n) is 15.1. The Labute approximate surface area is 271 Å². The summed E-state index contributed by atoms with van der Waals surface area (Å²) in [6.45, 7) is 2.48. The van der Waals surface area contributed by atoms with E-state index in [1.807, 2.05) is 4.90 Å². The number of amides is 1. The number of hydrogen-bond donors (Lipinski definition) is 1. The minimum absolute atomic E-state index is 0.00269. The summed E-state index contributed by atoms with van der Waals surface area (Å²) in [5, 5.41) is 6.59. The van der Waals surface area contributed by atoms with Crippen molar-refractivity contribution >= 4 is 17.4 Å². The lowest BCUT2D eigenvalue weighted by Crippen LogP contribution is -2.55.